The number of aromatic nitrogens is 1. The predicted molar refractivity (Wildman–Crippen MR) is 131 cm³/mol. The molecule has 2 aromatic rings. The van der Waals surface area contributed by atoms with E-state index in [1.54, 1.807) is 44.2 Å². The van der Waals surface area contributed by atoms with Crippen LogP contribution in [0.4, 0.5) is 0 Å². The van der Waals surface area contributed by atoms with Crippen LogP contribution in [0.2, 0.25) is 10.0 Å². The lowest BCUT2D eigenvalue weighted by molar-refractivity contribution is 0.264. The van der Waals surface area contributed by atoms with Crippen LogP contribution in [-0.4, -0.2) is 25.5 Å². The van der Waals surface area contributed by atoms with E-state index in [1.165, 1.54) is 6.07 Å². The Labute approximate surface area is 199 Å². The van der Waals surface area contributed by atoms with Crippen molar-refractivity contribution in [2.45, 2.75) is 52.9 Å². The summed E-state index contributed by atoms with van der Waals surface area (Å²) in [6.07, 6.45) is 7.92. The topological polar surface area (TPSA) is 74.6 Å². The highest BCUT2D eigenvalue weighted by molar-refractivity contribution is 7.86. The van der Waals surface area contributed by atoms with Gasteiger partial charge in [0, 0.05) is 6.07 Å². The molecule has 9 heteroatoms. The van der Waals surface area contributed by atoms with Crippen molar-refractivity contribution in [1.29, 1.82) is 0 Å². The molecular weight excluding hydrogens is 473 g/mol. The van der Waals surface area contributed by atoms with E-state index >= 15 is 0 Å². The molecule has 1 aromatic carbocycles. The minimum atomic E-state index is -3.89. The molecule has 0 saturated carbocycles. The van der Waals surface area contributed by atoms with Crippen LogP contribution in [-0.2, 0) is 10.1 Å². The van der Waals surface area contributed by atoms with Crippen LogP contribution < -0.4 is 14.6 Å². The van der Waals surface area contributed by atoms with Gasteiger partial charge in [-0.2, -0.15) is 8.42 Å². The molecule has 0 radical (unpaired) electrons. The fraction of sp³-hybridized carbons (Fsp3) is 0.435. The monoisotopic (exact) mass is 501 g/mol. The Morgan fingerprint density at radius 1 is 0.969 bits per heavy atom. The molecule has 0 aliphatic rings. The van der Waals surface area contributed by atoms with E-state index in [1.807, 2.05) is 0 Å². The highest BCUT2D eigenvalue weighted by Gasteiger charge is 2.15. The molecule has 0 fully saturated rings. The Morgan fingerprint density at radius 2 is 1.66 bits per heavy atom. The van der Waals surface area contributed by atoms with Gasteiger partial charge in [-0.1, -0.05) is 62.4 Å². The number of hydrogen-bond acceptors (Lipinski definition) is 5. The summed E-state index contributed by atoms with van der Waals surface area (Å²) >= 11 is 12.7. The lowest BCUT2D eigenvalue weighted by atomic mass is 10.1. The summed E-state index contributed by atoms with van der Waals surface area (Å²) in [4.78, 5) is 12.4. The van der Waals surface area contributed by atoms with Gasteiger partial charge in [0.2, 0.25) is 0 Å². The number of ether oxygens (including phenoxy) is 1. The molecule has 0 saturated heterocycles. The van der Waals surface area contributed by atoms with Gasteiger partial charge in [-0.25, -0.2) is 0 Å². The molecule has 0 bridgehead atoms. The summed E-state index contributed by atoms with van der Waals surface area (Å²) in [6.45, 7) is 6.14. The molecule has 2 rings (SSSR count). The number of halogens is 2. The van der Waals surface area contributed by atoms with Gasteiger partial charge < -0.3 is 4.74 Å². The normalized spacial score (nSPS) is 11.8. The fourth-order valence-corrected chi connectivity index (χ4v) is 4.58. The molecule has 32 heavy (non-hydrogen) atoms. The predicted octanol–water partition coefficient (Wildman–Crippen LogP) is 5.76. The molecule has 6 nitrogen and oxygen atoms in total. The largest absolute Gasteiger partial charge is 0.490 e. The number of unbranched alkanes of at least 4 members (excludes halogenated alkanes) is 3. The van der Waals surface area contributed by atoms with E-state index in [4.69, 9.17) is 32.2 Å². The first-order valence-electron chi connectivity index (χ1n) is 10.6. The van der Waals surface area contributed by atoms with Gasteiger partial charge in [0.1, 0.15) is 0 Å². The zero-order valence-corrected chi connectivity index (χ0v) is 20.9. The van der Waals surface area contributed by atoms with E-state index in [2.05, 4.69) is 6.92 Å². The van der Waals surface area contributed by atoms with Crippen LogP contribution in [0, 0.1) is 6.92 Å². The van der Waals surface area contributed by atoms with Crippen LogP contribution in [0.5, 0.6) is 5.75 Å². The SMILES string of the molecule is CCCCCCOc1c(Cl)cc(C=Cc2cc(C)cc(=O)n2OS(=O)(=O)CCC)cc1Cl. The first-order chi connectivity index (χ1) is 15.2. The first kappa shape index (κ1) is 26.3. The number of aryl methyl sites for hydroxylation is 1. The lowest BCUT2D eigenvalue weighted by Crippen LogP contribution is -2.33. The molecule has 0 atom stereocenters. The van der Waals surface area contributed by atoms with E-state index in [-0.39, 0.29) is 11.4 Å². The Kier molecular flexibility index (Phi) is 10.1. The standard InChI is InChI=1S/C23H29Cl2NO5S/c1-4-6-7-8-11-30-23-20(24)15-18(16-21(23)25)9-10-19-13-17(3)14-22(27)26(19)31-32(28,29)12-5-2/h9-10,13-16H,4-8,11-12H2,1-3H3. The third kappa shape index (κ3) is 7.87. The minimum absolute atomic E-state index is 0.193. The van der Waals surface area contributed by atoms with Crippen LogP contribution >= 0.6 is 23.2 Å². The average molecular weight is 502 g/mol. The maximum atomic E-state index is 12.4. The van der Waals surface area contributed by atoms with E-state index < -0.39 is 15.7 Å². The van der Waals surface area contributed by atoms with Gasteiger partial charge in [0.05, 0.1) is 28.1 Å². The zero-order valence-electron chi connectivity index (χ0n) is 18.6. The Hall–Kier alpha value is -1.96. The maximum Gasteiger partial charge on any atom is 0.327 e. The molecule has 0 unspecified atom stereocenters. The van der Waals surface area contributed by atoms with Crippen LogP contribution in [0.25, 0.3) is 12.2 Å². The number of nitrogens with zero attached hydrogens (tertiary/aromatic N) is 1. The van der Waals surface area contributed by atoms with Gasteiger partial charge in [0.15, 0.2) is 5.75 Å². The summed E-state index contributed by atoms with van der Waals surface area (Å²) in [7, 11) is -3.89. The fourth-order valence-electron chi connectivity index (χ4n) is 3.01. The molecule has 0 spiro atoms. The highest BCUT2D eigenvalue weighted by Crippen LogP contribution is 2.35. The van der Waals surface area contributed by atoms with Gasteiger partial charge >= 0.3 is 10.1 Å². The molecular formula is C23H29Cl2NO5S. The second-order valence-electron chi connectivity index (χ2n) is 7.48. The van der Waals surface area contributed by atoms with Crippen molar-refractivity contribution in [2.24, 2.45) is 0 Å². The number of rotatable bonds is 12. The van der Waals surface area contributed by atoms with Crippen molar-refractivity contribution < 1.29 is 17.4 Å². The van der Waals surface area contributed by atoms with Gasteiger partial charge in [0.25, 0.3) is 5.56 Å². The molecule has 0 amide bonds. The third-order valence-corrected chi connectivity index (χ3v) is 6.36. The lowest BCUT2D eigenvalue weighted by Gasteiger charge is -2.12. The summed E-state index contributed by atoms with van der Waals surface area (Å²) in [6, 6.07) is 6.34. The van der Waals surface area contributed by atoms with E-state index in [9.17, 15) is 13.2 Å². The molecule has 0 aliphatic carbocycles. The van der Waals surface area contributed by atoms with Crippen molar-refractivity contribution in [1.82, 2.24) is 4.73 Å². The first-order valence-corrected chi connectivity index (χ1v) is 13.0. The second kappa shape index (κ2) is 12.3. The van der Waals surface area contributed by atoms with Crippen LogP contribution in [0.15, 0.2) is 29.1 Å². The van der Waals surface area contributed by atoms with Gasteiger partial charge in [-0.3, -0.25) is 9.08 Å². The average Bonchev–Trinajstić information content (AvgIpc) is 2.70. The van der Waals surface area contributed by atoms with Gasteiger partial charge in [-0.15, -0.1) is 4.73 Å². The number of benzene rings is 1. The molecule has 176 valence electrons. The Morgan fingerprint density at radius 3 is 2.28 bits per heavy atom. The van der Waals surface area contributed by atoms with Crippen molar-refractivity contribution in [2.75, 3.05) is 12.4 Å². The Balaban J connectivity index is 2.27. The quantitative estimate of drug-likeness (QED) is 0.345. The molecule has 0 aliphatic heterocycles. The number of hydrogen-bond donors (Lipinski definition) is 0. The van der Waals surface area contributed by atoms with Crippen LogP contribution in [0.1, 0.15) is 62.8 Å². The molecule has 0 N–H and O–H groups in total. The summed E-state index contributed by atoms with van der Waals surface area (Å²) < 4.78 is 35.7. The van der Waals surface area contributed by atoms with Gasteiger partial charge in [-0.05, 0) is 55.2 Å². The smallest absolute Gasteiger partial charge is 0.327 e. The molecule has 1 heterocycles. The highest BCUT2D eigenvalue weighted by atomic mass is 35.5. The maximum absolute atomic E-state index is 12.4. The van der Waals surface area contributed by atoms with Crippen molar-refractivity contribution in [3.63, 3.8) is 0 Å². The summed E-state index contributed by atoms with van der Waals surface area (Å²) in [5.74, 6) is 0.241. The molecule has 1 aromatic heterocycles. The second-order valence-corrected chi connectivity index (χ2v) is 9.97. The third-order valence-electron chi connectivity index (χ3n) is 4.52. The number of pyridine rings is 1. The van der Waals surface area contributed by atoms with E-state index in [0.717, 1.165) is 30.4 Å². The Bertz CT molecular complexity index is 1090. The van der Waals surface area contributed by atoms with Crippen molar-refractivity contribution in [3.05, 3.63) is 61.5 Å². The van der Waals surface area contributed by atoms with Crippen molar-refractivity contribution in [3.8, 4) is 5.75 Å². The van der Waals surface area contributed by atoms with Crippen molar-refractivity contribution >= 4 is 45.5 Å². The summed E-state index contributed by atoms with van der Waals surface area (Å²) in [5, 5.41) is 0.743. The van der Waals surface area contributed by atoms with Crippen LogP contribution in [0.3, 0.4) is 0 Å². The summed E-state index contributed by atoms with van der Waals surface area (Å²) in [5.41, 5.74) is 1.03. The zero-order chi connectivity index (χ0) is 23.7. The minimum Gasteiger partial charge on any atom is -0.490 e. The van der Waals surface area contributed by atoms with E-state index in [0.29, 0.717) is 39.9 Å².